The molecule has 2 aromatic carbocycles. The van der Waals surface area contributed by atoms with Gasteiger partial charge in [0.15, 0.2) is 11.6 Å². The van der Waals surface area contributed by atoms with E-state index < -0.39 is 5.82 Å². The Bertz CT molecular complexity index is 1290. The van der Waals surface area contributed by atoms with Gasteiger partial charge in [0.2, 0.25) is 11.9 Å². The van der Waals surface area contributed by atoms with Gasteiger partial charge in [0.05, 0.1) is 24.0 Å². The van der Waals surface area contributed by atoms with Gasteiger partial charge in [-0.2, -0.15) is 4.98 Å². The van der Waals surface area contributed by atoms with Crippen molar-refractivity contribution in [2.45, 2.75) is 0 Å². The number of methoxy groups -OCH3 is 1. The minimum atomic E-state index is -0.583. The van der Waals surface area contributed by atoms with E-state index >= 15 is 0 Å². The standard InChI is InChI=1S/C24H22FN5O3/c1-3-22(31)28-20-5-4-6-21-18(20)11-12-30(21)23-19(25)15-26-24(29-23)27-16-7-9-17(10-8-16)33-14-13-32-2/h3-12,15H,1,13-14H2,2H3,(H,28,31)(H,26,27,29). The van der Waals surface area contributed by atoms with E-state index in [1.54, 1.807) is 48.2 Å². The molecule has 0 saturated heterocycles. The van der Waals surface area contributed by atoms with Gasteiger partial charge in [-0.25, -0.2) is 9.37 Å². The van der Waals surface area contributed by atoms with Crippen LogP contribution in [0.15, 0.2) is 73.6 Å². The largest absolute Gasteiger partial charge is 0.491 e. The second-order valence-electron chi connectivity index (χ2n) is 6.97. The van der Waals surface area contributed by atoms with E-state index in [-0.39, 0.29) is 17.7 Å². The van der Waals surface area contributed by atoms with Crippen LogP contribution in [0.4, 0.5) is 21.7 Å². The molecule has 0 saturated carbocycles. The quantitative estimate of drug-likeness (QED) is 0.291. The highest BCUT2D eigenvalue weighted by Crippen LogP contribution is 2.28. The Labute approximate surface area is 189 Å². The van der Waals surface area contributed by atoms with E-state index in [0.717, 1.165) is 17.3 Å². The molecule has 0 bridgehead atoms. The van der Waals surface area contributed by atoms with Gasteiger partial charge in [-0.15, -0.1) is 0 Å². The molecule has 4 rings (SSSR count). The number of halogens is 1. The third-order valence-corrected chi connectivity index (χ3v) is 4.80. The molecule has 8 nitrogen and oxygen atoms in total. The van der Waals surface area contributed by atoms with Gasteiger partial charge in [-0.3, -0.25) is 9.36 Å². The molecule has 1 amide bonds. The first-order valence-corrected chi connectivity index (χ1v) is 10.1. The summed E-state index contributed by atoms with van der Waals surface area (Å²) in [6.07, 6.45) is 3.99. The summed E-state index contributed by atoms with van der Waals surface area (Å²) in [5, 5.41) is 6.56. The molecule has 4 aromatic rings. The maximum atomic E-state index is 14.7. The van der Waals surface area contributed by atoms with Gasteiger partial charge in [-0.1, -0.05) is 12.6 Å². The van der Waals surface area contributed by atoms with Crippen molar-refractivity contribution in [3.05, 3.63) is 79.4 Å². The van der Waals surface area contributed by atoms with Crippen LogP contribution in [0.25, 0.3) is 16.7 Å². The molecule has 33 heavy (non-hydrogen) atoms. The van der Waals surface area contributed by atoms with Crippen molar-refractivity contribution in [1.82, 2.24) is 14.5 Å². The summed E-state index contributed by atoms with van der Waals surface area (Å²) in [5.41, 5.74) is 1.99. The maximum Gasteiger partial charge on any atom is 0.247 e. The molecule has 0 aliphatic carbocycles. The molecule has 2 aromatic heterocycles. The molecule has 2 heterocycles. The van der Waals surface area contributed by atoms with Gasteiger partial charge >= 0.3 is 0 Å². The lowest BCUT2D eigenvalue weighted by atomic mass is 10.2. The Balaban J connectivity index is 1.59. The highest BCUT2D eigenvalue weighted by molar-refractivity contribution is 6.05. The molecule has 0 aliphatic heterocycles. The number of nitrogens with one attached hydrogen (secondary N) is 2. The van der Waals surface area contributed by atoms with Crippen molar-refractivity contribution >= 4 is 34.1 Å². The summed E-state index contributed by atoms with van der Waals surface area (Å²) in [6, 6.07) is 14.4. The lowest BCUT2D eigenvalue weighted by molar-refractivity contribution is -0.111. The van der Waals surface area contributed by atoms with Crippen molar-refractivity contribution in [2.24, 2.45) is 0 Å². The summed E-state index contributed by atoms with van der Waals surface area (Å²) in [5.74, 6) is 0.105. The summed E-state index contributed by atoms with van der Waals surface area (Å²) in [7, 11) is 1.61. The van der Waals surface area contributed by atoms with Gasteiger partial charge in [0, 0.05) is 24.4 Å². The average molecular weight is 447 g/mol. The fourth-order valence-electron chi connectivity index (χ4n) is 3.24. The molecule has 2 N–H and O–H groups in total. The first-order valence-electron chi connectivity index (χ1n) is 10.1. The number of fused-ring (bicyclic) bond motifs is 1. The predicted molar refractivity (Wildman–Crippen MR) is 125 cm³/mol. The van der Waals surface area contributed by atoms with E-state index in [0.29, 0.717) is 30.2 Å². The molecule has 0 spiro atoms. The Morgan fingerprint density at radius 2 is 2.00 bits per heavy atom. The number of carbonyl (C=O) groups is 1. The highest BCUT2D eigenvalue weighted by Gasteiger charge is 2.14. The van der Waals surface area contributed by atoms with Crippen LogP contribution < -0.4 is 15.4 Å². The summed E-state index contributed by atoms with van der Waals surface area (Å²) < 4.78 is 26.8. The van der Waals surface area contributed by atoms with E-state index in [9.17, 15) is 9.18 Å². The fourth-order valence-corrected chi connectivity index (χ4v) is 3.24. The highest BCUT2D eigenvalue weighted by atomic mass is 19.1. The molecule has 0 fully saturated rings. The van der Waals surface area contributed by atoms with Gasteiger partial charge in [0.25, 0.3) is 0 Å². The van der Waals surface area contributed by atoms with Crippen LogP contribution in [0.5, 0.6) is 5.75 Å². The molecule has 0 atom stereocenters. The Morgan fingerprint density at radius 3 is 2.76 bits per heavy atom. The molecule has 168 valence electrons. The number of hydrogen-bond donors (Lipinski definition) is 2. The van der Waals surface area contributed by atoms with Crippen molar-refractivity contribution in [1.29, 1.82) is 0 Å². The lowest BCUT2D eigenvalue weighted by Gasteiger charge is -2.11. The van der Waals surface area contributed by atoms with E-state index in [1.807, 2.05) is 18.2 Å². The fraction of sp³-hybridized carbons (Fsp3) is 0.125. The minimum absolute atomic E-state index is 0.0780. The zero-order valence-corrected chi connectivity index (χ0v) is 17.9. The first kappa shape index (κ1) is 22.0. The summed E-state index contributed by atoms with van der Waals surface area (Å²) in [6.45, 7) is 4.42. The number of anilines is 3. The average Bonchev–Trinajstić information content (AvgIpc) is 3.26. The second kappa shape index (κ2) is 9.92. The van der Waals surface area contributed by atoms with Gasteiger partial charge < -0.3 is 20.1 Å². The minimum Gasteiger partial charge on any atom is -0.491 e. The molecule has 9 heteroatoms. The molecular formula is C24H22FN5O3. The van der Waals surface area contributed by atoms with Crippen molar-refractivity contribution < 1.29 is 18.7 Å². The summed E-state index contributed by atoms with van der Waals surface area (Å²) in [4.78, 5) is 20.1. The number of amides is 1. The zero-order valence-electron chi connectivity index (χ0n) is 17.9. The zero-order chi connectivity index (χ0) is 23.2. The smallest absolute Gasteiger partial charge is 0.247 e. The molecular weight excluding hydrogens is 425 g/mol. The van der Waals surface area contributed by atoms with Crippen LogP contribution in [0, 0.1) is 5.82 Å². The second-order valence-corrected chi connectivity index (χ2v) is 6.97. The molecule has 0 radical (unpaired) electrons. The Kier molecular flexibility index (Phi) is 6.61. The van der Waals surface area contributed by atoms with Crippen LogP contribution in [0.2, 0.25) is 0 Å². The number of rotatable bonds is 9. The predicted octanol–water partition coefficient (Wildman–Crippen LogP) is 4.45. The Morgan fingerprint density at radius 1 is 1.18 bits per heavy atom. The van der Waals surface area contributed by atoms with Gasteiger partial charge in [-0.05, 0) is 48.5 Å². The third kappa shape index (κ3) is 4.99. The van der Waals surface area contributed by atoms with Crippen LogP contribution in [0.3, 0.4) is 0 Å². The topological polar surface area (TPSA) is 90.3 Å². The van der Waals surface area contributed by atoms with E-state index in [4.69, 9.17) is 9.47 Å². The monoisotopic (exact) mass is 447 g/mol. The number of ether oxygens (including phenoxy) is 2. The van der Waals surface area contributed by atoms with Crippen LogP contribution in [0.1, 0.15) is 0 Å². The number of carbonyl (C=O) groups excluding carboxylic acids is 1. The SMILES string of the molecule is C=CC(=O)Nc1cccc2c1ccn2-c1nc(Nc2ccc(OCCOC)cc2)ncc1F. The van der Waals surface area contributed by atoms with Gasteiger partial charge in [0.1, 0.15) is 12.4 Å². The molecule has 0 unspecified atom stereocenters. The van der Waals surface area contributed by atoms with Crippen molar-refractivity contribution in [3.63, 3.8) is 0 Å². The lowest BCUT2D eigenvalue weighted by Crippen LogP contribution is -2.08. The van der Waals surface area contributed by atoms with E-state index in [1.165, 1.54) is 6.08 Å². The van der Waals surface area contributed by atoms with E-state index in [2.05, 4.69) is 27.2 Å². The normalized spacial score (nSPS) is 10.7. The number of hydrogen-bond acceptors (Lipinski definition) is 6. The first-order chi connectivity index (χ1) is 16.1. The van der Waals surface area contributed by atoms with Crippen molar-refractivity contribution in [2.75, 3.05) is 31.0 Å². The number of benzene rings is 2. The number of aromatic nitrogens is 3. The summed E-state index contributed by atoms with van der Waals surface area (Å²) >= 11 is 0. The maximum absolute atomic E-state index is 14.7. The van der Waals surface area contributed by atoms with Crippen LogP contribution >= 0.6 is 0 Å². The van der Waals surface area contributed by atoms with Crippen LogP contribution in [-0.4, -0.2) is 40.8 Å². The van der Waals surface area contributed by atoms with Crippen LogP contribution in [-0.2, 0) is 9.53 Å². The molecule has 0 aliphatic rings. The van der Waals surface area contributed by atoms with Crippen molar-refractivity contribution in [3.8, 4) is 11.6 Å². The number of nitrogens with zero attached hydrogens (tertiary/aromatic N) is 3. The Hall–Kier alpha value is -4.24. The third-order valence-electron chi connectivity index (χ3n) is 4.80.